The first kappa shape index (κ1) is 16.5. The van der Waals surface area contributed by atoms with Crippen molar-refractivity contribution < 1.29 is 9.53 Å². The number of piperidine rings is 1. The Hall–Kier alpha value is -2.67. The van der Waals surface area contributed by atoms with Crippen LogP contribution in [0.25, 0.3) is 11.2 Å². The van der Waals surface area contributed by atoms with E-state index in [1.807, 2.05) is 35.9 Å². The van der Waals surface area contributed by atoms with Crippen LogP contribution in [-0.4, -0.2) is 44.0 Å². The third kappa shape index (κ3) is 2.65. The molecule has 1 atom stereocenters. The van der Waals surface area contributed by atoms with E-state index in [-0.39, 0.29) is 11.1 Å². The summed E-state index contributed by atoms with van der Waals surface area (Å²) in [5.41, 5.74) is 1.51. The Morgan fingerprint density at radius 2 is 2.11 bits per heavy atom. The minimum atomic E-state index is -0.553. The number of Topliss-reactive ketones (excluding diaryl/α,β-unsaturated/α-hetero) is 1. The summed E-state index contributed by atoms with van der Waals surface area (Å²) in [5, 5.41) is 0.187. The number of ketones is 1. The summed E-state index contributed by atoms with van der Waals surface area (Å²) in [7, 11) is 1.87. The van der Waals surface area contributed by atoms with Crippen molar-refractivity contribution in [1.82, 2.24) is 19.5 Å². The number of nitrogens with zero attached hydrogens (tertiary/aromatic N) is 5. The average Bonchev–Trinajstić information content (AvgIpc) is 3.02. The quantitative estimate of drug-likeness (QED) is 0.601. The first-order chi connectivity index (χ1) is 13.0. The Morgan fingerprint density at radius 1 is 1.26 bits per heavy atom. The molecule has 2 aliphatic heterocycles. The van der Waals surface area contributed by atoms with Gasteiger partial charge in [0.05, 0.1) is 24.9 Å². The fourth-order valence-corrected chi connectivity index (χ4v) is 4.30. The number of anilines is 1. The number of carbonyl (C=O) groups is 1. The highest BCUT2D eigenvalue weighted by Crippen LogP contribution is 2.39. The van der Waals surface area contributed by atoms with Crippen molar-refractivity contribution in [3.8, 4) is 5.75 Å². The van der Waals surface area contributed by atoms with Crippen LogP contribution in [0.3, 0.4) is 0 Å². The van der Waals surface area contributed by atoms with Gasteiger partial charge in [-0.25, -0.2) is 4.98 Å². The van der Waals surface area contributed by atoms with Gasteiger partial charge >= 0.3 is 0 Å². The largest absolute Gasteiger partial charge is 0.484 e. The highest BCUT2D eigenvalue weighted by Gasteiger charge is 2.44. The second-order valence-corrected chi connectivity index (χ2v) is 7.59. The number of hydrogen-bond acceptors (Lipinski definition) is 6. The van der Waals surface area contributed by atoms with Gasteiger partial charge in [-0.3, -0.25) is 4.79 Å². The van der Waals surface area contributed by atoms with E-state index in [2.05, 4.69) is 19.9 Å². The van der Waals surface area contributed by atoms with E-state index in [0.29, 0.717) is 41.3 Å². The van der Waals surface area contributed by atoms with E-state index in [1.165, 1.54) is 0 Å². The number of para-hydroxylation sites is 1. The maximum absolute atomic E-state index is 12.7. The molecule has 1 unspecified atom stereocenters. The van der Waals surface area contributed by atoms with Crippen molar-refractivity contribution in [2.75, 3.05) is 18.0 Å². The van der Waals surface area contributed by atoms with Crippen LogP contribution in [0.2, 0.25) is 5.28 Å². The van der Waals surface area contributed by atoms with Gasteiger partial charge in [0, 0.05) is 13.6 Å². The Balaban J connectivity index is 1.53. The maximum Gasteiger partial charge on any atom is 0.226 e. The number of aromatic nitrogens is 4. The lowest BCUT2D eigenvalue weighted by atomic mass is 9.83. The number of hydrogen-bond donors (Lipinski definition) is 0. The number of fused-ring (bicyclic) bond motifs is 2. The molecule has 0 radical (unpaired) electrons. The van der Waals surface area contributed by atoms with Gasteiger partial charge in [0.2, 0.25) is 5.28 Å². The molecule has 8 heteroatoms. The van der Waals surface area contributed by atoms with Crippen LogP contribution in [0.15, 0.2) is 30.6 Å². The molecule has 4 heterocycles. The maximum atomic E-state index is 12.7. The Labute approximate surface area is 160 Å². The van der Waals surface area contributed by atoms with Gasteiger partial charge in [-0.15, -0.1) is 0 Å². The van der Waals surface area contributed by atoms with Gasteiger partial charge < -0.3 is 14.2 Å². The topological polar surface area (TPSA) is 73.1 Å². The number of aryl methyl sites for hydroxylation is 1. The molecule has 2 aliphatic rings. The standard InChI is InChI=1S/C19H18ClN5O2/c1-24-11-21-15-16(24)22-18(20)23-17(15)25-8-4-7-19(10-25)9-13(26)12-5-2-3-6-14(12)27-19/h2-3,5-6,11H,4,7-10H2,1H3. The van der Waals surface area contributed by atoms with Gasteiger partial charge in [-0.05, 0) is 36.6 Å². The SMILES string of the molecule is Cn1cnc2c(N3CCCC4(CC(=O)c5ccccc5O4)C3)nc(Cl)nc21. The lowest BCUT2D eigenvalue weighted by Gasteiger charge is -2.45. The van der Waals surface area contributed by atoms with Crippen molar-refractivity contribution in [3.63, 3.8) is 0 Å². The van der Waals surface area contributed by atoms with Crippen LogP contribution in [0.4, 0.5) is 5.82 Å². The normalized spacial score (nSPS) is 22.1. The number of carbonyl (C=O) groups excluding carboxylic acids is 1. The van der Waals surface area contributed by atoms with Crippen molar-refractivity contribution in [3.05, 3.63) is 41.4 Å². The summed E-state index contributed by atoms with van der Waals surface area (Å²) < 4.78 is 8.19. The molecule has 0 aliphatic carbocycles. The van der Waals surface area contributed by atoms with Gasteiger partial charge in [0.25, 0.3) is 0 Å². The Morgan fingerprint density at radius 3 is 3.00 bits per heavy atom. The number of rotatable bonds is 1. The summed E-state index contributed by atoms with van der Waals surface area (Å²) in [6, 6.07) is 7.46. The van der Waals surface area contributed by atoms with Crippen molar-refractivity contribution >= 4 is 34.4 Å². The minimum Gasteiger partial charge on any atom is -0.484 e. The van der Waals surface area contributed by atoms with E-state index in [1.54, 1.807) is 6.33 Å². The van der Waals surface area contributed by atoms with Gasteiger partial charge in [-0.2, -0.15) is 9.97 Å². The van der Waals surface area contributed by atoms with Crippen LogP contribution in [0, 0.1) is 0 Å². The molecular formula is C19H18ClN5O2. The second kappa shape index (κ2) is 5.92. The van der Waals surface area contributed by atoms with E-state index in [9.17, 15) is 4.79 Å². The zero-order valence-electron chi connectivity index (χ0n) is 14.9. The predicted octanol–water partition coefficient (Wildman–Crippen LogP) is 3.02. The molecular weight excluding hydrogens is 366 g/mol. The Bertz CT molecular complexity index is 1070. The van der Waals surface area contributed by atoms with E-state index < -0.39 is 5.60 Å². The predicted molar refractivity (Wildman–Crippen MR) is 102 cm³/mol. The van der Waals surface area contributed by atoms with E-state index >= 15 is 0 Å². The second-order valence-electron chi connectivity index (χ2n) is 7.25. The fraction of sp³-hybridized carbons (Fsp3) is 0.368. The molecule has 1 aromatic carbocycles. The number of halogens is 1. The zero-order valence-corrected chi connectivity index (χ0v) is 15.6. The molecule has 1 spiro atoms. The molecule has 0 saturated carbocycles. The van der Waals surface area contributed by atoms with E-state index in [0.717, 1.165) is 19.4 Å². The van der Waals surface area contributed by atoms with Gasteiger partial charge in [0.1, 0.15) is 11.4 Å². The third-order valence-electron chi connectivity index (χ3n) is 5.35. The van der Waals surface area contributed by atoms with Crippen LogP contribution in [0.1, 0.15) is 29.6 Å². The van der Waals surface area contributed by atoms with Crippen molar-refractivity contribution in [2.45, 2.75) is 24.9 Å². The molecule has 7 nitrogen and oxygen atoms in total. The molecule has 1 saturated heterocycles. The first-order valence-corrected chi connectivity index (χ1v) is 9.33. The third-order valence-corrected chi connectivity index (χ3v) is 5.52. The first-order valence-electron chi connectivity index (χ1n) is 8.95. The average molecular weight is 384 g/mol. The lowest BCUT2D eigenvalue weighted by molar-refractivity contribution is 0.0303. The molecule has 0 bridgehead atoms. The molecule has 1 fully saturated rings. The molecule has 0 N–H and O–H groups in total. The number of ether oxygens (including phenoxy) is 1. The summed E-state index contributed by atoms with van der Waals surface area (Å²) in [6.45, 7) is 1.37. The highest BCUT2D eigenvalue weighted by molar-refractivity contribution is 6.28. The lowest BCUT2D eigenvalue weighted by Crippen LogP contribution is -2.55. The smallest absolute Gasteiger partial charge is 0.226 e. The van der Waals surface area contributed by atoms with Gasteiger partial charge in [-0.1, -0.05) is 12.1 Å². The molecule has 0 amide bonds. The van der Waals surface area contributed by atoms with Crippen molar-refractivity contribution in [2.24, 2.45) is 7.05 Å². The van der Waals surface area contributed by atoms with E-state index in [4.69, 9.17) is 16.3 Å². The molecule has 5 rings (SSSR count). The molecule has 3 aromatic rings. The summed E-state index contributed by atoms with van der Waals surface area (Å²) in [4.78, 5) is 28.0. The van der Waals surface area contributed by atoms with Crippen molar-refractivity contribution in [1.29, 1.82) is 0 Å². The summed E-state index contributed by atoms with van der Waals surface area (Å²) in [5.74, 6) is 1.49. The minimum absolute atomic E-state index is 0.127. The zero-order chi connectivity index (χ0) is 18.6. The van der Waals surface area contributed by atoms with Crippen LogP contribution in [0.5, 0.6) is 5.75 Å². The number of benzene rings is 1. The molecule has 27 heavy (non-hydrogen) atoms. The molecule has 2 aromatic heterocycles. The summed E-state index contributed by atoms with van der Waals surface area (Å²) in [6.07, 6.45) is 3.79. The number of imidazole rings is 1. The Kier molecular flexibility index (Phi) is 3.62. The monoisotopic (exact) mass is 383 g/mol. The van der Waals surface area contributed by atoms with Gasteiger partial charge in [0.15, 0.2) is 22.8 Å². The molecule has 138 valence electrons. The van der Waals surface area contributed by atoms with Crippen LogP contribution < -0.4 is 9.64 Å². The van der Waals surface area contributed by atoms with Crippen LogP contribution in [-0.2, 0) is 7.05 Å². The summed E-state index contributed by atoms with van der Waals surface area (Å²) >= 11 is 6.16. The fourth-order valence-electron chi connectivity index (χ4n) is 4.14. The highest BCUT2D eigenvalue weighted by atomic mass is 35.5. The van der Waals surface area contributed by atoms with Crippen LogP contribution >= 0.6 is 11.6 Å².